The van der Waals surface area contributed by atoms with Crippen molar-refractivity contribution >= 4 is 0 Å². The first-order valence-electron chi connectivity index (χ1n) is 6.68. The Bertz CT molecular complexity index is 133. The van der Waals surface area contributed by atoms with E-state index in [1.807, 2.05) is 0 Å². The molecule has 0 saturated heterocycles. The molecule has 1 aliphatic carbocycles. The lowest BCUT2D eigenvalue weighted by atomic mass is 9.99. The number of nitrogens with one attached hydrogen (secondary N) is 1. The minimum atomic E-state index is 0.748. The van der Waals surface area contributed by atoms with Crippen LogP contribution in [-0.2, 0) is 4.74 Å². The number of ether oxygens (including phenoxy) is 1. The van der Waals surface area contributed by atoms with Crippen molar-refractivity contribution < 1.29 is 4.74 Å². The predicted octanol–water partition coefficient (Wildman–Crippen LogP) is 2.97. The summed E-state index contributed by atoms with van der Waals surface area (Å²) in [5.74, 6) is 0.793. The SMILES string of the molecule is CCCNC1CCCCC(COCC)C1. The van der Waals surface area contributed by atoms with E-state index in [1.54, 1.807) is 0 Å². The van der Waals surface area contributed by atoms with Crippen LogP contribution in [0.3, 0.4) is 0 Å². The third kappa shape index (κ3) is 5.53. The molecule has 2 atom stereocenters. The first-order valence-corrected chi connectivity index (χ1v) is 6.68. The third-order valence-corrected chi connectivity index (χ3v) is 3.27. The van der Waals surface area contributed by atoms with Crippen molar-refractivity contribution in [2.75, 3.05) is 19.8 Å². The summed E-state index contributed by atoms with van der Waals surface area (Å²) in [6.45, 7) is 7.33. The molecule has 0 aromatic carbocycles. The zero-order chi connectivity index (χ0) is 10.9. The maximum Gasteiger partial charge on any atom is 0.0494 e. The molecule has 1 saturated carbocycles. The van der Waals surface area contributed by atoms with Crippen molar-refractivity contribution in [3.63, 3.8) is 0 Å². The summed E-state index contributed by atoms with van der Waals surface area (Å²) in [5, 5.41) is 3.66. The molecule has 0 aromatic rings. The van der Waals surface area contributed by atoms with E-state index in [-0.39, 0.29) is 0 Å². The predicted molar refractivity (Wildman–Crippen MR) is 65.1 cm³/mol. The molecule has 0 bridgehead atoms. The van der Waals surface area contributed by atoms with E-state index in [0.717, 1.165) is 25.2 Å². The van der Waals surface area contributed by atoms with Gasteiger partial charge < -0.3 is 10.1 Å². The van der Waals surface area contributed by atoms with Crippen molar-refractivity contribution in [2.45, 2.75) is 58.4 Å². The standard InChI is InChI=1S/C13H27NO/c1-3-9-14-13-8-6-5-7-12(10-13)11-15-4-2/h12-14H,3-11H2,1-2H3. The minimum absolute atomic E-state index is 0.748. The molecular weight excluding hydrogens is 186 g/mol. The molecule has 2 nitrogen and oxygen atoms in total. The largest absolute Gasteiger partial charge is 0.381 e. The van der Waals surface area contributed by atoms with E-state index < -0.39 is 0 Å². The van der Waals surface area contributed by atoms with E-state index in [9.17, 15) is 0 Å². The Hall–Kier alpha value is -0.0800. The van der Waals surface area contributed by atoms with E-state index in [4.69, 9.17) is 4.74 Å². The molecule has 0 heterocycles. The van der Waals surface area contributed by atoms with Gasteiger partial charge in [0.05, 0.1) is 0 Å². The normalized spacial score (nSPS) is 27.6. The van der Waals surface area contributed by atoms with E-state index in [0.29, 0.717) is 0 Å². The second kappa shape index (κ2) is 8.12. The van der Waals surface area contributed by atoms with Crippen LogP contribution < -0.4 is 5.32 Å². The highest BCUT2D eigenvalue weighted by molar-refractivity contribution is 4.75. The van der Waals surface area contributed by atoms with Gasteiger partial charge in [0.2, 0.25) is 0 Å². The number of rotatable bonds is 6. The monoisotopic (exact) mass is 213 g/mol. The van der Waals surface area contributed by atoms with Crippen molar-refractivity contribution in [1.82, 2.24) is 5.32 Å². The third-order valence-electron chi connectivity index (χ3n) is 3.27. The fourth-order valence-electron chi connectivity index (χ4n) is 2.43. The van der Waals surface area contributed by atoms with Crippen LogP contribution in [0.4, 0.5) is 0 Å². The first-order chi connectivity index (χ1) is 7.36. The summed E-state index contributed by atoms with van der Waals surface area (Å²) < 4.78 is 5.55. The highest BCUT2D eigenvalue weighted by Crippen LogP contribution is 2.23. The molecule has 2 unspecified atom stereocenters. The van der Waals surface area contributed by atoms with Gasteiger partial charge in [-0.2, -0.15) is 0 Å². The summed E-state index contributed by atoms with van der Waals surface area (Å²) in [4.78, 5) is 0. The Morgan fingerprint density at radius 2 is 2.00 bits per heavy atom. The molecular formula is C13H27NO. The highest BCUT2D eigenvalue weighted by atomic mass is 16.5. The Balaban J connectivity index is 2.25. The fourth-order valence-corrected chi connectivity index (χ4v) is 2.43. The van der Waals surface area contributed by atoms with Gasteiger partial charge in [0.15, 0.2) is 0 Å². The first kappa shape index (κ1) is 13.0. The quantitative estimate of drug-likeness (QED) is 0.685. The van der Waals surface area contributed by atoms with Crippen LogP contribution in [-0.4, -0.2) is 25.8 Å². The zero-order valence-corrected chi connectivity index (χ0v) is 10.4. The van der Waals surface area contributed by atoms with Crippen LogP contribution >= 0.6 is 0 Å². The van der Waals surface area contributed by atoms with Gasteiger partial charge in [-0.15, -0.1) is 0 Å². The topological polar surface area (TPSA) is 21.3 Å². The number of hydrogen-bond acceptors (Lipinski definition) is 2. The van der Waals surface area contributed by atoms with Crippen molar-refractivity contribution in [3.05, 3.63) is 0 Å². The molecule has 0 aliphatic heterocycles. The molecule has 0 spiro atoms. The Labute approximate surface area is 94.8 Å². The summed E-state index contributed by atoms with van der Waals surface area (Å²) in [6.07, 6.45) is 8.08. The van der Waals surface area contributed by atoms with Gasteiger partial charge in [0, 0.05) is 19.3 Å². The fraction of sp³-hybridized carbons (Fsp3) is 1.00. The van der Waals surface area contributed by atoms with E-state index in [2.05, 4.69) is 19.2 Å². The molecule has 2 heteroatoms. The van der Waals surface area contributed by atoms with Gasteiger partial charge in [-0.25, -0.2) is 0 Å². The number of hydrogen-bond donors (Lipinski definition) is 1. The molecule has 1 rings (SSSR count). The van der Waals surface area contributed by atoms with Crippen molar-refractivity contribution in [2.24, 2.45) is 5.92 Å². The lowest BCUT2D eigenvalue weighted by molar-refractivity contribution is 0.101. The van der Waals surface area contributed by atoms with Crippen LogP contribution in [0, 0.1) is 5.92 Å². The van der Waals surface area contributed by atoms with E-state index in [1.165, 1.54) is 45.1 Å². The molecule has 90 valence electrons. The average Bonchev–Trinajstić information content (AvgIpc) is 2.48. The van der Waals surface area contributed by atoms with Gasteiger partial charge in [-0.05, 0) is 45.1 Å². The molecule has 0 amide bonds. The lowest BCUT2D eigenvalue weighted by Crippen LogP contribution is -2.31. The second-order valence-electron chi connectivity index (χ2n) is 4.70. The van der Waals surface area contributed by atoms with Crippen molar-refractivity contribution in [1.29, 1.82) is 0 Å². The lowest BCUT2D eigenvalue weighted by Gasteiger charge is -2.20. The van der Waals surface area contributed by atoms with Crippen LogP contribution in [0.2, 0.25) is 0 Å². The average molecular weight is 213 g/mol. The van der Waals surface area contributed by atoms with Gasteiger partial charge in [-0.3, -0.25) is 0 Å². The molecule has 0 radical (unpaired) electrons. The Morgan fingerprint density at radius 1 is 1.20 bits per heavy atom. The zero-order valence-electron chi connectivity index (χ0n) is 10.4. The van der Waals surface area contributed by atoms with Crippen molar-refractivity contribution in [3.8, 4) is 0 Å². The van der Waals surface area contributed by atoms with Crippen LogP contribution in [0.1, 0.15) is 52.4 Å². The summed E-state index contributed by atoms with van der Waals surface area (Å²) in [7, 11) is 0. The van der Waals surface area contributed by atoms with Gasteiger partial charge in [0.1, 0.15) is 0 Å². The van der Waals surface area contributed by atoms with Crippen LogP contribution in [0.5, 0.6) is 0 Å². The summed E-state index contributed by atoms with van der Waals surface area (Å²) in [5.41, 5.74) is 0. The minimum Gasteiger partial charge on any atom is -0.381 e. The molecule has 1 aliphatic rings. The highest BCUT2D eigenvalue weighted by Gasteiger charge is 2.19. The summed E-state index contributed by atoms with van der Waals surface area (Å²) in [6, 6.07) is 0.748. The molecule has 0 aromatic heterocycles. The van der Waals surface area contributed by atoms with E-state index >= 15 is 0 Å². The molecule has 15 heavy (non-hydrogen) atoms. The maximum atomic E-state index is 5.55. The molecule has 1 N–H and O–H groups in total. The van der Waals surface area contributed by atoms with Gasteiger partial charge in [-0.1, -0.05) is 19.8 Å². The second-order valence-corrected chi connectivity index (χ2v) is 4.70. The smallest absolute Gasteiger partial charge is 0.0494 e. The van der Waals surface area contributed by atoms with Crippen LogP contribution in [0.15, 0.2) is 0 Å². The van der Waals surface area contributed by atoms with Crippen LogP contribution in [0.25, 0.3) is 0 Å². The maximum absolute atomic E-state index is 5.55. The molecule has 1 fully saturated rings. The van der Waals surface area contributed by atoms with Gasteiger partial charge >= 0.3 is 0 Å². The summed E-state index contributed by atoms with van der Waals surface area (Å²) >= 11 is 0. The Kier molecular flexibility index (Phi) is 7.03. The van der Waals surface area contributed by atoms with Gasteiger partial charge in [0.25, 0.3) is 0 Å². The Morgan fingerprint density at radius 3 is 2.73 bits per heavy atom.